The summed E-state index contributed by atoms with van der Waals surface area (Å²) in [6, 6.07) is 1.64. The number of phenolic OH excluding ortho intramolecular Hbond substituents is 2. The minimum Gasteiger partial charge on any atom is -0.504 e. The molecule has 1 fully saturated rings. The van der Waals surface area contributed by atoms with E-state index in [1.165, 1.54) is 0 Å². The molecular weight excluding hydrogens is 270 g/mol. The van der Waals surface area contributed by atoms with Crippen molar-refractivity contribution < 1.29 is 10.2 Å². The maximum absolute atomic E-state index is 9.73. The van der Waals surface area contributed by atoms with Gasteiger partial charge in [-0.3, -0.25) is 0 Å². The number of benzene rings is 1. The normalized spacial score (nSPS) is 17.6. The zero-order chi connectivity index (χ0) is 11.7. The summed E-state index contributed by atoms with van der Waals surface area (Å²) in [5.74, 6) is 0.364. The lowest BCUT2D eigenvalue weighted by Crippen LogP contribution is -2.27. The van der Waals surface area contributed by atoms with E-state index in [0.717, 1.165) is 37.1 Å². The van der Waals surface area contributed by atoms with E-state index in [1.807, 2.05) is 6.92 Å². The second kappa shape index (κ2) is 4.63. The Morgan fingerprint density at radius 2 is 1.94 bits per heavy atom. The van der Waals surface area contributed by atoms with Crippen molar-refractivity contribution >= 4 is 15.9 Å². The van der Waals surface area contributed by atoms with E-state index in [4.69, 9.17) is 0 Å². The molecule has 3 nitrogen and oxygen atoms in total. The summed E-state index contributed by atoms with van der Waals surface area (Å²) in [5, 5.41) is 22.6. The first-order valence-corrected chi connectivity index (χ1v) is 6.32. The third-order valence-electron chi connectivity index (χ3n) is 3.21. The molecule has 4 heteroatoms. The molecule has 1 aromatic carbocycles. The summed E-state index contributed by atoms with van der Waals surface area (Å²) < 4.78 is 0.650. The first-order valence-electron chi connectivity index (χ1n) is 5.53. The number of piperidine rings is 1. The lowest BCUT2D eigenvalue weighted by molar-refractivity contribution is 0.396. The minimum absolute atomic E-state index is 0.0425. The van der Waals surface area contributed by atoms with Crippen LogP contribution in [0, 0.1) is 6.92 Å². The molecule has 0 aromatic heterocycles. The smallest absolute Gasteiger partial charge is 0.172 e. The molecule has 88 valence electrons. The van der Waals surface area contributed by atoms with Crippen LogP contribution in [0.3, 0.4) is 0 Å². The fraction of sp³-hybridized carbons (Fsp3) is 0.500. The molecular formula is C12H16BrNO2. The third kappa shape index (κ3) is 2.04. The fourth-order valence-corrected chi connectivity index (χ4v) is 3.22. The van der Waals surface area contributed by atoms with Crippen LogP contribution in [0.2, 0.25) is 0 Å². The van der Waals surface area contributed by atoms with Gasteiger partial charge in [0.2, 0.25) is 0 Å². The number of aromatic hydroxyl groups is 2. The first kappa shape index (κ1) is 11.7. The van der Waals surface area contributed by atoms with E-state index >= 15 is 0 Å². The monoisotopic (exact) mass is 285 g/mol. The molecule has 1 saturated heterocycles. The van der Waals surface area contributed by atoms with E-state index in [0.29, 0.717) is 10.4 Å². The molecule has 0 bridgehead atoms. The summed E-state index contributed by atoms with van der Waals surface area (Å²) in [6.45, 7) is 4.00. The van der Waals surface area contributed by atoms with E-state index in [-0.39, 0.29) is 11.5 Å². The van der Waals surface area contributed by atoms with Crippen molar-refractivity contribution in [2.45, 2.75) is 25.7 Å². The number of halogens is 1. The van der Waals surface area contributed by atoms with Crippen molar-refractivity contribution in [1.29, 1.82) is 0 Å². The van der Waals surface area contributed by atoms with Crippen LogP contribution < -0.4 is 5.32 Å². The van der Waals surface area contributed by atoms with E-state index in [1.54, 1.807) is 6.07 Å². The molecule has 1 aliphatic rings. The van der Waals surface area contributed by atoms with Gasteiger partial charge in [0.05, 0.1) is 4.47 Å². The lowest BCUT2D eigenvalue weighted by Gasteiger charge is -2.26. The first-order chi connectivity index (χ1) is 7.61. The van der Waals surface area contributed by atoms with Gasteiger partial charge >= 0.3 is 0 Å². The van der Waals surface area contributed by atoms with Gasteiger partial charge in [-0.2, -0.15) is 0 Å². The average Bonchev–Trinajstić information content (AvgIpc) is 2.28. The number of phenols is 2. The lowest BCUT2D eigenvalue weighted by atomic mass is 9.87. The van der Waals surface area contributed by atoms with Crippen LogP contribution in [0.25, 0.3) is 0 Å². The van der Waals surface area contributed by atoms with Crippen LogP contribution in [0.4, 0.5) is 0 Å². The average molecular weight is 286 g/mol. The molecule has 0 atom stereocenters. The summed E-state index contributed by atoms with van der Waals surface area (Å²) in [4.78, 5) is 0. The Morgan fingerprint density at radius 1 is 1.31 bits per heavy atom. The standard InChI is InChI=1S/C12H16BrNO2/c1-7-6-9(15)12(16)11(13)10(7)8-2-4-14-5-3-8/h6,8,14-16H,2-5H2,1H3. The molecule has 3 N–H and O–H groups in total. The molecule has 0 radical (unpaired) electrons. The second-order valence-electron chi connectivity index (χ2n) is 4.31. The molecule has 0 saturated carbocycles. The second-order valence-corrected chi connectivity index (χ2v) is 5.11. The number of hydrogen-bond donors (Lipinski definition) is 3. The van der Waals surface area contributed by atoms with Gasteiger partial charge in [0.25, 0.3) is 0 Å². The van der Waals surface area contributed by atoms with Gasteiger partial charge in [-0.25, -0.2) is 0 Å². The molecule has 1 aromatic rings. The highest BCUT2D eigenvalue weighted by molar-refractivity contribution is 9.10. The summed E-state index contributed by atoms with van der Waals surface area (Å²) in [5.41, 5.74) is 2.17. The van der Waals surface area contributed by atoms with Crippen molar-refractivity contribution in [3.63, 3.8) is 0 Å². The maximum Gasteiger partial charge on any atom is 0.172 e. The highest BCUT2D eigenvalue weighted by Crippen LogP contribution is 2.43. The van der Waals surface area contributed by atoms with Crippen LogP contribution in [-0.2, 0) is 0 Å². The van der Waals surface area contributed by atoms with E-state index < -0.39 is 0 Å². The van der Waals surface area contributed by atoms with Gasteiger partial charge in [0.1, 0.15) is 0 Å². The number of hydrogen-bond acceptors (Lipinski definition) is 3. The Morgan fingerprint density at radius 3 is 2.56 bits per heavy atom. The van der Waals surface area contributed by atoms with Gasteiger partial charge in [0, 0.05) is 0 Å². The quantitative estimate of drug-likeness (QED) is 0.696. The van der Waals surface area contributed by atoms with Crippen molar-refractivity contribution in [1.82, 2.24) is 5.32 Å². The van der Waals surface area contributed by atoms with Crippen LogP contribution >= 0.6 is 15.9 Å². The zero-order valence-electron chi connectivity index (χ0n) is 9.26. The molecule has 0 spiro atoms. The van der Waals surface area contributed by atoms with Crippen molar-refractivity contribution in [3.05, 3.63) is 21.7 Å². The highest BCUT2D eigenvalue weighted by Gasteiger charge is 2.22. The topological polar surface area (TPSA) is 52.5 Å². The third-order valence-corrected chi connectivity index (χ3v) is 4.02. The molecule has 0 amide bonds. The van der Waals surface area contributed by atoms with Gasteiger partial charge in [-0.05, 0) is 71.9 Å². The number of aryl methyl sites for hydroxylation is 1. The predicted octanol–water partition coefficient (Wildman–Crippen LogP) is 2.64. The highest BCUT2D eigenvalue weighted by atomic mass is 79.9. The molecule has 2 rings (SSSR count). The summed E-state index contributed by atoms with van der Waals surface area (Å²) >= 11 is 3.39. The Balaban J connectivity index is 2.42. The predicted molar refractivity (Wildman–Crippen MR) is 67.1 cm³/mol. The Kier molecular flexibility index (Phi) is 3.40. The number of nitrogens with one attached hydrogen (secondary N) is 1. The van der Waals surface area contributed by atoms with Crippen molar-refractivity contribution in [2.24, 2.45) is 0 Å². The van der Waals surface area contributed by atoms with Gasteiger partial charge < -0.3 is 15.5 Å². The van der Waals surface area contributed by atoms with Crippen LogP contribution in [-0.4, -0.2) is 23.3 Å². The summed E-state index contributed by atoms with van der Waals surface area (Å²) in [7, 11) is 0. The SMILES string of the molecule is Cc1cc(O)c(O)c(Br)c1C1CCNCC1. The molecule has 1 aliphatic heterocycles. The Bertz CT molecular complexity index is 400. The van der Waals surface area contributed by atoms with Crippen molar-refractivity contribution in [3.8, 4) is 11.5 Å². The van der Waals surface area contributed by atoms with Gasteiger partial charge in [0.15, 0.2) is 11.5 Å². The van der Waals surface area contributed by atoms with E-state index in [2.05, 4.69) is 21.2 Å². The Labute approximate surface area is 104 Å². The van der Waals surface area contributed by atoms with Crippen LogP contribution in [0.5, 0.6) is 11.5 Å². The largest absolute Gasteiger partial charge is 0.504 e. The van der Waals surface area contributed by atoms with Crippen LogP contribution in [0.1, 0.15) is 29.9 Å². The van der Waals surface area contributed by atoms with Crippen LogP contribution in [0.15, 0.2) is 10.5 Å². The molecule has 0 unspecified atom stereocenters. The molecule has 0 aliphatic carbocycles. The zero-order valence-corrected chi connectivity index (χ0v) is 10.8. The van der Waals surface area contributed by atoms with Crippen molar-refractivity contribution in [2.75, 3.05) is 13.1 Å². The minimum atomic E-state index is -0.0536. The summed E-state index contributed by atoms with van der Waals surface area (Å²) in [6.07, 6.45) is 2.15. The Hall–Kier alpha value is -0.740. The number of rotatable bonds is 1. The maximum atomic E-state index is 9.73. The van der Waals surface area contributed by atoms with Gasteiger partial charge in [-0.1, -0.05) is 0 Å². The molecule has 16 heavy (non-hydrogen) atoms. The molecule has 1 heterocycles. The fourth-order valence-electron chi connectivity index (χ4n) is 2.38. The van der Waals surface area contributed by atoms with E-state index in [9.17, 15) is 10.2 Å². The van der Waals surface area contributed by atoms with Gasteiger partial charge in [-0.15, -0.1) is 0 Å².